The van der Waals surface area contributed by atoms with Crippen LogP contribution >= 0.6 is 0 Å². The van der Waals surface area contributed by atoms with Crippen LogP contribution in [0.2, 0.25) is 0 Å². The number of carbonyl (C=O) groups excluding carboxylic acids is 1. The maximum Gasteiger partial charge on any atom is 0.304 e. The molecule has 2 N–H and O–H groups in total. The van der Waals surface area contributed by atoms with Crippen LogP contribution in [0.5, 0.6) is 0 Å². The maximum atomic E-state index is 12.2. The number of carboxylic acids is 1. The Balaban J connectivity index is 2.94. The Morgan fingerprint density at radius 2 is 2.05 bits per heavy atom. The van der Waals surface area contributed by atoms with Crippen molar-refractivity contribution in [3.8, 4) is 0 Å². The van der Waals surface area contributed by atoms with Gasteiger partial charge in [-0.25, -0.2) is 0 Å². The van der Waals surface area contributed by atoms with Crippen LogP contribution in [0.25, 0.3) is 0 Å². The lowest BCUT2D eigenvalue weighted by Crippen LogP contribution is -2.36. The topological polar surface area (TPSA) is 66.4 Å². The van der Waals surface area contributed by atoms with E-state index in [1.807, 2.05) is 39.0 Å². The number of hydrogen-bond acceptors (Lipinski definition) is 2. The lowest BCUT2D eigenvalue weighted by molar-refractivity contribution is -0.139. The lowest BCUT2D eigenvalue weighted by atomic mass is 9.93. The van der Waals surface area contributed by atoms with Crippen LogP contribution in [0.1, 0.15) is 43.7 Å². The van der Waals surface area contributed by atoms with Gasteiger partial charge in [-0.15, -0.1) is 0 Å². The van der Waals surface area contributed by atoms with Crippen LogP contribution in [-0.4, -0.2) is 23.0 Å². The zero-order valence-electron chi connectivity index (χ0n) is 11.6. The minimum absolute atomic E-state index is 0.0496. The van der Waals surface area contributed by atoms with Gasteiger partial charge in [-0.05, 0) is 25.8 Å². The van der Waals surface area contributed by atoms with Crippen molar-refractivity contribution >= 4 is 11.9 Å². The molecule has 1 aromatic carbocycles. The average Bonchev–Trinajstić information content (AvgIpc) is 2.35. The first-order valence-electron chi connectivity index (χ1n) is 6.52. The molecule has 0 fully saturated rings. The fraction of sp³-hybridized carbons (Fsp3) is 0.467. The summed E-state index contributed by atoms with van der Waals surface area (Å²) in [5.41, 5.74) is 1.77. The summed E-state index contributed by atoms with van der Waals surface area (Å²) in [6.45, 7) is 5.81. The summed E-state index contributed by atoms with van der Waals surface area (Å²) < 4.78 is 0. The summed E-state index contributed by atoms with van der Waals surface area (Å²) in [7, 11) is 0. The molecule has 1 aromatic rings. The van der Waals surface area contributed by atoms with Gasteiger partial charge in [0.05, 0.1) is 12.3 Å². The molecule has 0 aliphatic carbocycles. The zero-order chi connectivity index (χ0) is 14.4. The number of aryl methyl sites for hydroxylation is 1. The lowest BCUT2D eigenvalue weighted by Gasteiger charge is -2.19. The van der Waals surface area contributed by atoms with Crippen LogP contribution in [-0.2, 0) is 9.59 Å². The fourth-order valence-corrected chi connectivity index (χ4v) is 1.87. The summed E-state index contributed by atoms with van der Waals surface area (Å²) in [5, 5.41) is 11.8. The molecule has 2 atom stereocenters. The van der Waals surface area contributed by atoms with E-state index in [0.29, 0.717) is 0 Å². The van der Waals surface area contributed by atoms with Gasteiger partial charge in [0, 0.05) is 6.04 Å². The predicted octanol–water partition coefficient (Wildman–Crippen LogP) is 2.47. The van der Waals surface area contributed by atoms with Gasteiger partial charge in [-0.3, -0.25) is 9.59 Å². The van der Waals surface area contributed by atoms with E-state index in [0.717, 1.165) is 17.5 Å². The highest BCUT2D eigenvalue weighted by Gasteiger charge is 2.24. The largest absolute Gasteiger partial charge is 0.481 e. The summed E-state index contributed by atoms with van der Waals surface area (Å²) >= 11 is 0. The molecule has 0 aliphatic heterocycles. The fourth-order valence-electron chi connectivity index (χ4n) is 1.87. The average molecular weight is 263 g/mol. The van der Waals surface area contributed by atoms with E-state index in [2.05, 4.69) is 5.32 Å². The number of nitrogens with one attached hydrogen (secondary N) is 1. The SMILES string of the molecule is CCC(C)NC(=O)C(CC(=O)O)c1cccc(C)c1. The van der Waals surface area contributed by atoms with Crippen LogP contribution in [0, 0.1) is 6.92 Å². The second-order valence-corrected chi connectivity index (χ2v) is 4.88. The molecule has 104 valence electrons. The Kier molecular flexibility index (Phi) is 5.55. The molecule has 2 unspecified atom stereocenters. The minimum Gasteiger partial charge on any atom is -0.481 e. The number of carbonyl (C=O) groups is 2. The van der Waals surface area contributed by atoms with Crippen molar-refractivity contribution in [2.24, 2.45) is 0 Å². The minimum atomic E-state index is -0.967. The summed E-state index contributed by atoms with van der Waals surface area (Å²) in [6.07, 6.45) is 0.630. The van der Waals surface area contributed by atoms with Gasteiger partial charge in [-0.2, -0.15) is 0 Å². The Hall–Kier alpha value is -1.84. The summed E-state index contributed by atoms with van der Waals surface area (Å²) in [5.74, 6) is -1.82. The van der Waals surface area contributed by atoms with Crippen LogP contribution in [0.4, 0.5) is 0 Å². The summed E-state index contributed by atoms with van der Waals surface area (Å²) in [6, 6.07) is 7.48. The van der Waals surface area contributed by atoms with E-state index in [1.54, 1.807) is 6.07 Å². The highest BCUT2D eigenvalue weighted by molar-refractivity contribution is 5.88. The van der Waals surface area contributed by atoms with Gasteiger partial charge in [-0.1, -0.05) is 36.8 Å². The molecular formula is C15H21NO3. The second kappa shape index (κ2) is 6.92. The van der Waals surface area contributed by atoms with Gasteiger partial charge in [0.1, 0.15) is 0 Å². The predicted molar refractivity (Wildman–Crippen MR) is 74.1 cm³/mol. The molecule has 0 saturated heterocycles. The van der Waals surface area contributed by atoms with E-state index in [-0.39, 0.29) is 18.4 Å². The molecule has 0 saturated carbocycles. The molecule has 0 bridgehead atoms. The molecule has 1 rings (SSSR count). The molecule has 0 heterocycles. The molecule has 1 amide bonds. The maximum absolute atomic E-state index is 12.2. The third-order valence-corrected chi connectivity index (χ3v) is 3.14. The second-order valence-electron chi connectivity index (χ2n) is 4.88. The molecule has 0 aromatic heterocycles. The van der Waals surface area contributed by atoms with Gasteiger partial charge < -0.3 is 10.4 Å². The van der Waals surface area contributed by atoms with E-state index in [4.69, 9.17) is 5.11 Å². The van der Waals surface area contributed by atoms with E-state index >= 15 is 0 Å². The number of rotatable bonds is 6. The molecule has 4 nitrogen and oxygen atoms in total. The van der Waals surface area contributed by atoms with Crippen molar-refractivity contribution in [1.29, 1.82) is 0 Å². The number of hydrogen-bond donors (Lipinski definition) is 2. The monoisotopic (exact) mass is 263 g/mol. The van der Waals surface area contributed by atoms with Gasteiger partial charge in [0.2, 0.25) is 5.91 Å². The van der Waals surface area contributed by atoms with E-state index in [9.17, 15) is 9.59 Å². The van der Waals surface area contributed by atoms with Crippen molar-refractivity contribution in [2.75, 3.05) is 0 Å². The van der Waals surface area contributed by atoms with Crippen molar-refractivity contribution in [3.63, 3.8) is 0 Å². The molecule has 19 heavy (non-hydrogen) atoms. The zero-order valence-corrected chi connectivity index (χ0v) is 11.6. The van der Waals surface area contributed by atoms with Gasteiger partial charge in [0.15, 0.2) is 0 Å². The van der Waals surface area contributed by atoms with Crippen LogP contribution in [0.15, 0.2) is 24.3 Å². The smallest absolute Gasteiger partial charge is 0.304 e. The number of aliphatic carboxylic acids is 1. The first-order valence-corrected chi connectivity index (χ1v) is 6.52. The number of amides is 1. The Morgan fingerprint density at radius 3 is 2.58 bits per heavy atom. The van der Waals surface area contributed by atoms with Crippen molar-refractivity contribution in [3.05, 3.63) is 35.4 Å². The molecular weight excluding hydrogens is 242 g/mol. The third kappa shape index (κ3) is 4.73. The Labute approximate surface area is 113 Å². The normalized spacial score (nSPS) is 13.6. The quantitative estimate of drug-likeness (QED) is 0.828. The van der Waals surface area contributed by atoms with Gasteiger partial charge in [0.25, 0.3) is 0 Å². The first-order chi connectivity index (χ1) is 8.93. The van der Waals surface area contributed by atoms with Crippen molar-refractivity contribution in [2.45, 2.75) is 45.6 Å². The standard InChI is InChI=1S/C15H21NO3/c1-4-11(3)16-15(19)13(9-14(17)18)12-7-5-6-10(2)8-12/h5-8,11,13H,4,9H2,1-3H3,(H,16,19)(H,17,18). The highest BCUT2D eigenvalue weighted by atomic mass is 16.4. The Bertz CT molecular complexity index is 456. The first kappa shape index (κ1) is 15.2. The third-order valence-electron chi connectivity index (χ3n) is 3.14. The highest BCUT2D eigenvalue weighted by Crippen LogP contribution is 2.21. The van der Waals surface area contributed by atoms with Crippen molar-refractivity contribution in [1.82, 2.24) is 5.32 Å². The molecule has 0 radical (unpaired) electrons. The van der Waals surface area contributed by atoms with E-state index < -0.39 is 11.9 Å². The molecule has 0 spiro atoms. The molecule has 0 aliphatic rings. The van der Waals surface area contributed by atoms with Crippen molar-refractivity contribution < 1.29 is 14.7 Å². The molecule has 4 heteroatoms. The van der Waals surface area contributed by atoms with Gasteiger partial charge >= 0.3 is 5.97 Å². The number of benzene rings is 1. The Morgan fingerprint density at radius 1 is 1.37 bits per heavy atom. The van der Waals surface area contributed by atoms with Crippen LogP contribution < -0.4 is 5.32 Å². The number of carboxylic acid groups (broad SMARTS) is 1. The van der Waals surface area contributed by atoms with Crippen LogP contribution in [0.3, 0.4) is 0 Å². The summed E-state index contributed by atoms with van der Waals surface area (Å²) in [4.78, 5) is 23.1. The van der Waals surface area contributed by atoms with E-state index in [1.165, 1.54) is 0 Å².